The van der Waals surface area contributed by atoms with Crippen molar-refractivity contribution in [2.45, 2.75) is 6.92 Å². The molecule has 0 bridgehead atoms. The Kier molecular flexibility index (Phi) is 4.94. The van der Waals surface area contributed by atoms with E-state index in [1.807, 2.05) is 6.92 Å². The zero-order valence-electron chi connectivity index (χ0n) is 9.90. The first-order valence-corrected chi connectivity index (χ1v) is 5.29. The summed E-state index contributed by atoms with van der Waals surface area (Å²) in [6, 6.07) is 6.42. The molecule has 0 aliphatic heterocycles. The second-order valence-electron chi connectivity index (χ2n) is 3.33. The zero-order valence-corrected chi connectivity index (χ0v) is 9.90. The normalized spacial score (nSPS) is 10.2. The van der Waals surface area contributed by atoms with Gasteiger partial charge in [-0.2, -0.15) is 0 Å². The van der Waals surface area contributed by atoms with E-state index in [1.165, 1.54) is 6.07 Å². The fourth-order valence-electron chi connectivity index (χ4n) is 1.24. The Bertz CT molecular complexity index is 438. The number of hydrogen-bond donors (Lipinski definition) is 1. The smallest absolute Gasteiger partial charge is 0.338 e. The fourth-order valence-corrected chi connectivity index (χ4v) is 1.24. The number of amides is 1. The van der Waals surface area contributed by atoms with E-state index < -0.39 is 5.97 Å². The molecule has 17 heavy (non-hydrogen) atoms. The molecule has 1 rings (SSSR count). The van der Waals surface area contributed by atoms with Gasteiger partial charge in [-0.25, -0.2) is 4.79 Å². The number of hydrogen-bond acceptors (Lipinski definition) is 3. The van der Waals surface area contributed by atoms with Crippen molar-refractivity contribution in [2.75, 3.05) is 13.7 Å². The van der Waals surface area contributed by atoms with Crippen LogP contribution in [-0.2, 0) is 4.74 Å². The molecule has 0 aliphatic carbocycles. The van der Waals surface area contributed by atoms with Crippen LogP contribution in [0.4, 0.5) is 0 Å². The maximum Gasteiger partial charge on any atom is 0.338 e. The minimum Gasteiger partial charge on any atom is -0.458 e. The van der Waals surface area contributed by atoms with Gasteiger partial charge >= 0.3 is 5.97 Å². The molecule has 0 saturated heterocycles. The van der Waals surface area contributed by atoms with Crippen LogP contribution in [0.1, 0.15) is 27.6 Å². The molecule has 0 aromatic heterocycles. The molecule has 4 nitrogen and oxygen atoms in total. The van der Waals surface area contributed by atoms with Crippen molar-refractivity contribution >= 4 is 11.9 Å². The van der Waals surface area contributed by atoms with E-state index in [2.05, 4.69) is 5.32 Å². The van der Waals surface area contributed by atoms with Gasteiger partial charge in [0, 0.05) is 12.6 Å². The van der Waals surface area contributed by atoms with Crippen LogP contribution in [0.25, 0.3) is 0 Å². The molecule has 1 aromatic rings. The number of carbonyl (C=O) groups is 2. The summed E-state index contributed by atoms with van der Waals surface area (Å²) < 4.78 is 4.98. The lowest BCUT2D eigenvalue weighted by atomic mass is 10.1. The topological polar surface area (TPSA) is 55.4 Å². The average molecular weight is 233 g/mol. The third-order valence-corrected chi connectivity index (χ3v) is 2.13. The van der Waals surface area contributed by atoms with Gasteiger partial charge in [0.2, 0.25) is 0 Å². The van der Waals surface area contributed by atoms with Crippen LogP contribution in [0.2, 0.25) is 0 Å². The number of nitrogens with one attached hydrogen (secondary N) is 1. The highest BCUT2D eigenvalue weighted by atomic mass is 16.5. The summed E-state index contributed by atoms with van der Waals surface area (Å²) in [5.74, 6) is -0.665. The van der Waals surface area contributed by atoms with Gasteiger partial charge in [0.1, 0.15) is 6.61 Å². The van der Waals surface area contributed by atoms with Crippen LogP contribution in [0.15, 0.2) is 36.4 Å². The minimum absolute atomic E-state index is 0.229. The van der Waals surface area contributed by atoms with Crippen molar-refractivity contribution in [3.63, 3.8) is 0 Å². The molecule has 1 aromatic carbocycles. The van der Waals surface area contributed by atoms with Gasteiger partial charge < -0.3 is 10.1 Å². The lowest BCUT2D eigenvalue weighted by Gasteiger charge is -2.04. The van der Waals surface area contributed by atoms with Gasteiger partial charge in [0.25, 0.3) is 5.91 Å². The number of benzene rings is 1. The quantitative estimate of drug-likeness (QED) is 0.637. The predicted octanol–water partition coefficient (Wildman–Crippen LogP) is 1.78. The van der Waals surface area contributed by atoms with Crippen molar-refractivity contribution in [1.82, 2.24) is 5.32 Å². The Morgan fingerprint density at radius 1 is 1.35 bits per heavy atom. The first-order chi connectivity index (χ1) is 8.19. The van der Waals surface area contributed by atoms with Crippen LogP contribution in [0.5, 0.6) is 0 Å². The minimum atomic E-state index is -0.436. The lowest BCUT2D eigenvalue weighted by molar-refractivity contribution is 0.0549. The van der Waals surface area contributed by atoms with Crippen molar-refractivity contribution < 1.29 is 14.3 Å². The summed E-state index contributed by atoms with van der Waals surface area (Å²) in [5, 5.41) is 2.50. The predicted molar refractivity (Wildman–Crippen MR) is 64.9 cm³/mol. The van der Waals surface area contributed by atoms with Gasteiger partial charge in [0.15, 0.2) is 0 Å². The first kappa shape index (κ1) is 13.0. The molecule has 4 heteroatoms. The van der Waals surface area contributed by atoms with Crippen LogP contribution >= 0.6 is 0 Å². The Morgan fingerprint density at radius 2 is 2.06 bits per heavy atom. The Balaban J connectivity index is 2.77. The van der Waals surface area contributed by atoms with E-state index in [1.54, 1.807) is 37.4 Å². The summed E-state index contributed by atoms with van der Waals surface area (Å²) >= 11 is 0. The molecule has 0 unspecified atom stereocenters. The molecule has 0 saturated carbocycles. The average Bonchev–Trinajstić information content (AvgIpc) is 2.38. The van der Waals surface area contributed by atoms with Crippen molar-refractivity contribution in [2.24, 2.45) is 0 Å². The molecular weight excluding hydrogens is 218 g/mol. The second-order valence-corrected chi connectivity index (χ2v) is 3.33. The highest BCUT2D eigenvalue weighted by molar-refractivity contribution is 5.97. The van der Waals surface area contributed by atoms with Crippen molar-refractivity contribution in [3.8, 4) is 0 Å². The Labute approximate surface area is 100 Å². The summed E-state index contributed by atoms with van der Waals surface area (Å²) in [6.07, 6.45) is 3.54. The number of ether oxygens (including phenoxy) is 1. The molecule has 0 aliphatic rings. The maximum absolute atomic E-state index is 11.6. The molecule has 0 heterocycles. The standard InChI is InChI=1S/C13H15NO3/c1-3-4-8-17-13(16)11-7-5-6-10(9-11)12(15)14-2/h3-7,9H,8H2,1-2H3,(H,14,15)/b4-3+. The summed E-state index contributed by atoms with van der Waals surface area (Å²) in [5.41, 5.74) is 0.809. The molecular formula is C13H15NO3. The number of carbonyl (C=O) groups excluding carboxylic acids is 2. The van der Waals surface area contributed by atoms with Gasteiger partial charge in [-0.1, -0.05) is 18.2 Å². The van der Waals surface area contributed by atoms with Crippen molar-refractivity contribution in [1.29, 1.82) is 0 Å². The third-order valence-electron chi connectivity index (χ3n) is 2.13. The third kappa shape index (κ3) is 3.75. The molecule has 1 N–H and O–H groups in total. The van der Waals surface area contributed by atoms with E-state index in [9.17, 15) is 9.59 Å². The zero-order chi connectivity index (χ0) is 12.7. The maximum atomic E-state index is 11.6. The SMILES string of the molecule is C/C=C/COC(=O)c1cccc(C(=O)NC)c1. The lowest BCUT2D eigenvalue weighted by Crippen LogP contribution is -2.18. The van der Waals surface area contributed by atoms with E-state index in [0.29, 0.717) is 11.1 Å². The molecule has 90 valence electrons. The molecule has 0 atom stereocenters. The van der Waals surface area contributed by atoms with Gasteiger partial charge in [-0.05, 0) is 25.1 Å². The first-order valence-electron chi connectivity index (χ1n) is 5.29. The molecule has 0 spiro atoms. The molecule has 1 amide bonds. The molecule has 0 radical (unpaired) electrons. The second kappa shape index (κ2) is 6.48. The Morgan fingerprint density at radius 3 is 2.71 bits per heavy atom. The number of rotatable bonds is 4. The Hall–Kier alpha value is -2.10. The monoisotopic (exact) mass is 233 g/mol. The van der Waals surface area contributed by atoms with E-state index in [0.717, 1.165) is 0 Å². The summed E-state index contributed by atoms with van der Waals surface area (Å²) in [6.45, 7) is 2.08. The van der Waals surface area contributed by atoms with Crippen LogP contribution in [-0.4, -0.2) is 25.5 Å². The summed E-state index contributed by atoms with van der Waals surface area (Å²) in [4.78, 5) is 23.0. The van der Waals surface area contributed by atoms with Crippen LogP contribution in [0, 0.1) is 0 Å². The number of esters is 1. The van der Waals surface area contributed by atoms with Gasteiger partial charge in [-0.15, -0.1) is 0 Å². The van der Waals surface area contributed by atoms with E-state index in [-0.39, 0.29) is 12.5 Å². The summed E-state index contributed by atoms with van der Waals surface area (Å²) in [7, 11) is 1.54. The van der Waals surface area contributed by atoms with Crippen molar-refractivity contribution in [3.05, 3.63) is 47.5 Å². The van der Waals surface area contributed by atoms with E-state index >= 15 is 0 Å². The number of allylic oxidation sites excluding steroid dienone is 1. The fraction of sp³-hybridized carbons (Fsp3) is 0.231. The van der Waals surface area contributed by atoms with Gasteiger partial charge in [-0.3, -0.25) is 4.79 Å². The highest BCUT2D eigenvalue weighted by Crippen LogP contribution is 2.07. The van der Waals surface area contributed by atoms with E-state index in [4.69, 9.17) is 4.74 Å². The van der Waals surface area contributed by atoms with Crippen LogP contribution < -0.4 is 5.32 Å². The molecule has 0 fully saturated rings. The largest absolute Gasteiger partial charge is 0.458 e. The van der Waals surface area contributed by atoms with Gasteiger partial charge in [0.05, 0.1) is 5.56 Å². The van der Waals surface area contributed by atoms with Crippen LogP contribution in [0.3, 0.4) is 0 Å². The highest BCUT2D eigenvalue weighted by Gasteiger charge is 2.09.